The SMILES string of the molecule is C[C@@]1(c2nc(Cl)ncc2F)CS(=O)(=O)[C@@](C)(C2CC2)C(=N)N1. The molecule has 0 radical (unpaired) electrons. The Hall–Kier alpha value is -1.28. The van der Waals surface area contributed by atoms with Crippen LogP contribution >= 0.6 is 11.6 Å². The third kappa shape index (κ3) is 2.11. The van der Waals surface area contributed by atoms with Crippen LogP contribution in [0.1, 0.15) is 32.4 Å². The first-order valence-corrected chi connectivity index (χ1v) is 8.91. The quantitative estimate of drug-likeness (QED) is 0.794. The number of hydrogen-bond donors (Lipinski definition) is 2. The predicted molar refractivity (Wildman–Crippen MR) is 80.1 cm³/mol. The second kappa shape index (κ2) is 4.61. The topological polar surface area (TPSA) is 95.8 Å². The molecule has 2 fully saturated rings. The van der Waals surface area contributed by atoms with Gasteiger partial charge in [-0.3, -0.25) is 5.41 Å². The molecule has 1 saturated heterocycles. The summed E-state index contributed by atoms with van der Waals surface area (Å²) in [5, 5.41) is 10.9. The molecule has 1 aliphatic heterocycles. The lowest BCUT2D eigenvalue weighted by atomic mass is 9.95. The predicted octanol–water partition coefficient (Wildman–Crippen LogP) is 1.65. The number of sulfone groups is 1. The summed E-state index contributed by atoms with van der Waals surface area (Å²) in [7, 11) is -3.65. The maximum Gasteiger partial charge on any atom is 0.222 e. The molecule has 1 saturated carbocycles. The van der Waals surface area contributed by atoms with Crippen molar-refractivity contribution in [2.45, 2.75) is 37.0 Å². The molecule has 120 valence electrons. The van der Waals surface area contributed by atoms with Crippen LogP contribution < -0.4 is 5.32 Å². The molecule has 0 spiro atoms. The van der Waals surface area contributed by atoms with Crippen molar-refractivity contribution in [3.05, 3.63) is 23.0 Å². The van der Waals surface area contributed by atoms with E-state index in [2.05, 4.69) is 15.3 Å². The van der Waals surface area contributed by atoms with E-state index in [1.54, 1.807) is 6.92 Å². The number of rotatable bonds is 2. The normalized spacial score (nSPS) is 34.3. The minimum absolute atomic E-state index is 0.0547. The molecular weight excluding hydrogens is 331 g/mol. The average molecular weight is 347 g/mol. The summed E-state index contributed by atoms with van der Waals surface area (Å²) in [6.45, 7) is 3.07. The standard InChI is InChI=1S/C13H16ClFN4O2S/c1-12(9-8(15)5-17-11(14)18-9)6-22(20,21)13(2,7-3-4-7)10(16)19-12/h5,7H,3-4,6H2,1-2H3,(H2,16,19)/t12-,13-/m0/s1. The van der Waals surface area contributed by atoms with Gasteiger partial charge >= 0.3 is 0 Å². The summed E-state index contributed by atoms with van der Waals surface area (Å²) in [6.07, 6.45) is 2.47. The molecule has 1 aliphatic carbocycles. The number of nitrogens with one attached hydrogen (secondary N) is 2. The van der Waals surface area contributed by atoms with E-state index in [1.807, 2.05) is 0 Å². The van der Waals surface area contributed by atoms with E-state index in [-0.39, 0.29) is 28.5 Å². The van der Waals surface area contributed by atoms with Gasteiger partial charge in [-0.05, 0) is 44.2 Å². The molecule has 0 aromatic carbocycles. The lowest BCUT2D eigenvalue weighted by Gasteiger charge is -2.44. The van der Waals surface area contributed by atoms with Crippen molar-refractivity contribution in [3.8, 4) is 0 Å². The van der Waals surface area contributed by atoms with Gasteiger partial charge in [0.1, 0.15) is 16.3 Å². The monoisotopic (exact) mass is 346 g/mol. The summed E-state index contributed by atoms with van der Waals surface area (Å²) < 4.78 is 38.4. The highest BCUT2D eigenvalue weighted by molar-refractivity contribution is 7.93. The summed E-state index contributed by atoms with van der Waals surface area (Å²) in [6, 6.07) is 0. The third-order valence-electron chi connectivity index (χ3n) is 4.62. The second-order valence-electron chi connectivity index (χ2n) is 6.31. The van der Waals surface area contributed by atoms with E-state index in [9.17, 15) is 12.8 Å². The van der Waals surface area contributed by atoms with Gasteiger partial charge in [-0.1, -0.05) is 0 Å². The smallest absolute Gasteiger partial charge is 0.222 e. The molecule has 3 rings (SSSR count). The fourth-order valence-corrected chi connectivity index (χ4v) is 5.58. The molecule has 22 heavy (non-hydrogen) atoms. The largest absolute Gasteiger partial charge is 0.361 e. The number of halogens is 2. The minimum atomic E-state index is -3.65. The summed E-state index contributed by atoms with van der Waals surface area (Å²) in [5.74, 6) is -1.27. The molecule has 2 aliphatic rings. The first-order valence-electron chi connectivity index (χ1n) is 6.88. The van der Waals surface area contributed by atoms with Gasteiger partial charge in [-0.2, -0.15) is 0 Å². The van der Waals surface area contributed by atoms with Crippen LogP contribution in [0.25, 0.3) is 0 Å². The fraction of sp³-hybridized carbons (Fsp3) is 0.615. The van der Waals surface area contributed by atoms with Crippen LogP contribution in [0, 0.1) is 17.1 Å². The van der Waals surface area contributed by atoms with E-state index in [1.165, 1.54) is 6.92 Å². The van der Waals surface area contributed by atoms with Gasteiger partial charge in [-0.25, -0.2) is 22.8 Å². The van der Waals surface area contributed by atoms with Gasteiger partial charge in [0, 0.05) is 0 Å². The van der Waals surface area contributed by atoms with Crippen molar-refractivity contribution in [1.29, 1.82) is 5.41 Å². The Morgan fingerprint density at radius 2 is 2.09 bits per heavy atom. The van der Waals surface area contributed by atoms with Gasteiger partial charge in [0.25, 0.3) is 0 Å². The van der Waals surface area contributed by atoms with E-state index in [4.69, 9.17) is 17.0 Å². The number of nitrogens with zero attached hydrogens (tertiary/aromatic N) is 2. The van der Waals surface area contributed by atoms with E-state index >= 15 is 0 Å². The zero-order valence-corrected chi connectivity index (χ0v) is 13.7. The Morgan fingerprint density at radius 1 is 1.45 bits per heavy atom. The van der Waals surface area contributed by atoms with Gasteiger partial charge in [0.15, 0.2) is 15.7 Å². The van der Waals surface area contributed by atoms with Crippen molar-refractivity contribution in [2.75, 3.05) is 5.75 Å². The Kier molecular flexibility index (Phi) is 3.27. The molecule has 1 aromatic heterocycles. The van der Waals surface area contributed by atoms with Crippen LogP contribution in [0.15, 0.2) is 6.20 Å². The van der Waals surface area contributed by atoms with E-state index in [0.717, 1.165) is 19.0 Å². The zero-order valence-electron chi connectivity index (χ0n) is 12.2. The van der Waals surface area contributed by atoms with Crippen molar-refractivity contribution in [1.82, 2.24) is 15.3 Å². The molecule has 2 heterocycles. The van der Waals surface area contributed by atoms with Crippen molar-refractivity contribution in [3.63, 3.8) is 0 Å². The van der Waals surface area contributed by atoms with Gasteiger partial charge in [0.05, 0.1) is 17.5 Å². The van der Waals surface area contributed by atoms with Gasteiger partial charge < -0.3 is 5.32 Å². The van der Waals surface area contributed by atoms with E-state index in [0.29, 0.717) is 0 Å². The zero-order chi connectivity index (χ0) is 16.3. The van der Waals surface area contributed by atoms with Crippen LogP contribution in [0.2, 0.25) is 5.28 Å². The van der Waals surface area contributed by atoms with Gasteiger partial charge in [-0.15, -0.1) is 0 Å². The van der Waals surface area contributed by atoms with Crippen LogP contribution in [-0.2, 0) is 15.4 Å². The maximum absolute atomic E-state index is 14.1. The molecular formula is C13H16ClFN4O2S. The summed E-state index contributed by atoms with van der Waals surface area (Å²) in [5.41, 5.74) is -1.49. The molecule has 6 nitrogen and oxygen atoms in total. The first kappa shape index (κ1) is 15.6. The van der Waals surface area contributed by atoms with Crippen LogP contribution in [0.4, 0.5) is 4.39 Å². The Bertz CT molecular complexity index is 767. The minimum Gasteiger partial charge on any atom is -0.361 e. The second-order valence-corrected chi connectivity index (χ2v) is 9.01. The van der Waals surface area contributed by atoms with Crippen LogP contribution in [0.3, 0.4) is 0 Å². The van der Waals surface area contributed by atoms with Crippen molar-refractivity contribution >= 4 is 27.3 Å². The highest BCUT2D eigenvalue weighted by atomic mass is 35.5. The fourth-order valence-electron chi connectivity index (χ4n) is 3.07. The van der Waals surface area contributed by atoms with Gasteiger partial charge in [0.2, 0.25) is 5.28 Å². The van der Waals surface area contributed by atoms with Crippen molar-refractivity contribution in [2.24, 2.45) is 5.92 Å². The van der Waals surface area contributed by atoms with Crippen LogP contribution in [0.5, 0.6) is 0 Å². The van der Waals surface area contributed by atoms with Crippen molar-refractivity contribution < 1.29 is 12.8 Å². The molecule has 0 bridgehead atoms. The Balaban J connectivity index is 2.08. The average Bonchev–Trinajstić information content (AvgIpc) is 3.22. The maximum atomic E-state index is 14.1. The Morgan fingerprint density at radius 3 is 2.64 bits per heavy atom. The lowest BCUT2D eigenvalue weighted by Crippen LogP contribution is -2.66. The third-order valence-corrected chi connectivity index (χ3v) is 7.58. The number of amidine groups is 1. The summed E-state index contributed by atoms with van der Waals surface area (Å²) >= 11 is 5.70. The summed E-state index contributed by atoms with van der Waals surface area (Å²) in [4.78, 5) is 7.37. The lowest BCUT2D eigenvalue weighted by molar-refractivity contribution is 0.398. The first-order chi connectivity index (χ1) is 10.1. The number of aromatic nitrogens is 2. The molecule has 9 heteroatoms. The molecule has 2 N–H and O–H groups in total. The highest BCUT2D eigenvalue weighted by Crippen LogP contribution is 2.48. The van der Waals surface area contributed by atoms with Crippen LogP contribution in [-0.4, -0.2) is 34.7 Å². The number of hydrogen-bond acceptors (Lipinski definition) is 5. The van der Waals surface area contributed by atoms with E-state index < -0.39 is 25.9 Å². The molecule has 0 unspecified atom stereocenters. The highest BCUT2D eigenvalue weighted by Gasteiger charge is 2.60. The molecule has 0 amide bonds. The molecule has 2 atom stereocenters. The molecule has 1 aromatic rings. The Labute approximate surface area is 132 Å².